The zero-order valence-electron chi connectivity index (χ0n) is 13.4. The molecule has 0 aliphatic rings. The fourth-order valence-corrected chi connectivity index (χ4v) is 2.24. The number of Topliss-reactive ketones (excluding diaryl/α,β-unsaturated/α-hetero) is 1. The summed E-state index contributed by atoms with van der Waals surface area (Å²) in [5.74, 6) is -0.843. The molecular formula is C20H16N2O3. The molecule has 1 N–H and O–H groups in total. The van der Waals surface area contributed by atoms with Crippen LogP contribution >= 0.6 is 0 Å². The fraction of sp³-hybridized carbons (Fsp3) is 0.0500. The van der Waals surface area contributed by atoms with Crippen molar-refractivity contribution in [2.24, 2.45) is 0 Å². The van der Waals surface area contributed by atoms with E-state index in [9.17, 15) is 9.59 Å². The first-order valence-electron chi connectivity index (χ1n) is 7.75. The van der Waals surface area contributed by atoms with Crippen LogP contribution in [-0.2, 0) is 11.4 Å². The Morgan fingerprint density at radius 1 is 0.880 bits per heavy atom. The summed E-state index contributed by atoms with van der Waals surface area (Å²) in [7, 11) is 0. The lowest BCUT2D eigenvalue weighted by atomic mass is 10.1. The number of benzene rings is 2. The minimum atomic E-state index is -0.720. The molecule has 1 heterocycles. The van der Waals surface area contributed by atoms with Crippen LogP contribution in [0.15, 0.2) is 79.1 Å². The van der Waals surface area contributed by atoms with Gasteiger partial charge in [-0.25, -0.2) is 0 Å². The lowest BCUT2D eigenvalue weighted by Crippen LogP contribution is -2.23. The minimum absolute atomic E-state index is 0.287. The second kappa shape index (κ2) is 7.88. The molecule has 1 aromatic heterocycles. The summed E-state index contributed by atoms with van der Waals surface area (Å²) in [4.78, 5) is 28.2. The van der Waals surface area contributed by atoms with Gasteiger partial charge in [0, 0.05) is 18.0 Å². The van der Waals surface area contributed by atoms with E-state index in [4.69, 9.17) is 4.74 Å². The van der Waals surface area contributed by atoms with Crippen molar-refractivity contribution in [3.63, 3.8) is 0 Å². The summed E-state index contributed by atoms with van der Waals surface area (Å²) in [6.45, 7) is 0.367. The molecule has 0 fully saturated rings. The molecule has 124 valence electrons. The van der Waals surface area contributed by atoms with Crippen LogP contribution < -0.4 is 10.1 Å². The first-order chi connectivity index (χ1) is 12.2. The number of aromatic nitrogens is 1. The van der Waals surface area contributed by atoms with Crippen molar-refractivity contribution in [2.75, 3.05) is 5.32 Å². The van der Waals surface area contributed by atoms with Gasteiger partial charge in [0.2, 0.25) is 0 Å². The summed E-state index contributed by atoms with van der Waals surface area (Å²) in [6, 6.07) is 19.7. The van der Waals surface area contributed by atoms with Gasteiger partial charge in [-0.3, -0.25) is 14.6 Å². The highest BCUT2D eigenvalue weighted by molar-refractivity contribution is 6.46. The second-order valence-electron chi connectivity index (χ2n) is 5.29. The van der Waals surface area contributed by atoms with Gasteiger partial charge in [-0.05, 0) is 29.8 Å². The number of rotatable bonds is 6. The molecular weight excluding hydrogens is 316 g/mol. The molecule has 0 saturated carbocycles. The Kier molecular flexibility index (Phi) is 5.16. The number of amides is 1. The van der Waals surface area contributed by atoms with Crippen LogP contribution in [-0.4, -0.2) is 16.7 Å². The van der Waals surface area contributed by atoms with Gasteiger partial charge in [-0.15, -0.1) is 0 Å². The Bertz CT molecular complexity index is 864. The van der Waals surface area contributed by atoms with Crippen LogP contribution in [0, 0.1) is 0 Å². The third-order valence-electron chi connectivity index (χ3n) is 3.52. The van der Waals surface area contributed by atoms with Crippen molar-refractivity contribution in [2.45, 2.75) is 6.61 Å². The summed E-state index contributed by atoms with van der Waals surface area (Å²) in [5, 5.41) is 2.61. The maximum Gasteiger partial charge on any atom is 0.296 e. The van der Waals surface area contributed by atoms with Crippen LogP contribution in [0.5, 0.6) is 5.75 Å². The lowest BCUT2D eigenvalue weighted by Gasteiger charge is -2.12. The van der Waals surface area contributed by atoms with E-state index in [1.165, 1.54) is 24.5 Å². The topological polar surface area (TPSA) is 68.3 Å². The van der Waals surface area contributed by atoms with Gasteiger partial charge in [0.15, 0.2) is 0 Å². The van der Waals surface area contributed by atoms with E-state index >= 15 is 0 Å². The molecule has 0 atom stereocenters. The maximum absolute atomic E-state index is 12.2. The monoisotopic (exact) mass is 332 g/mol. The molecule has 3 aromatic rings. The molecule has 0 unspecified atom stereocenters. The minimum Gasteiger partial charge on any atom is -0.487 e. The number of nitrogens with one attached hydrogen (secondary N) is 1. The van der Waals surface area contributed by atoms with Crippen molar-refractivity contribution < 1.29 is 14.3 Å². The van der Waals surface area contributed by atoms with E-state index in [0.29, 0.717) is 18.0 Å². The number of carbonyl (C=O) groups is 2. The molecule has 0 aliphatic heterocycles. The number of carbonyl (C=O) groups excluding carboxylic acids is 2. The van der Waals surface area contributed by atoms with Crippen molar-refractivity contribution >= 4 is 17.4 Å². The third kappa shape index (κ3) is 4.29. The Balaban J connectivity index is 1.70. The number of anilines is 1. The Labute approximate surface area is 145 Å². The number of hydrogen-bond acceptors (Lipinski definition) is 4. The molecule has 25 heavy (non-hydrogen) atoms. The lowest BCUT2D eigenvalue weighted by molar-refractivity contribution is -0.112. The molecule has 0 spiro atoms. The first-order valence-corrected chi connectivity index (χ1v) is 7.75. The number of nitrogens with zero attached hydrogens (tertiary/aromatic N) is 1. The van der Waals surface area contributed by atoms with Gasteiger partial charge < -0.3 is 10.1 Å². The van der Waals surface area contributed by atoms with Crippen molar-refractivity contribution in [1.29, 1.82) is 0 Å². The number of para-hydroxylation sites is 2. The van der Waals surface area contributed by atoms with E-state index in [-0.39, 0.29) is 5.56 Å². The van der Waals surface area contributed by atoms with Crippen LogP contribution in [0.4, 0.5) is 5.69 Å². The van der Waals surface area contributed by atoms with Crippen LogP contribution in [0.1, 0.15) is 15.9 Å². The molecule has 0 radical (unpaired) electrons. The molecule has 5 nitrogen and oxygen atoms in total. The number of ether oxygens (including phenoxy) is 1. The Hall–Kier alpha value is -3.47. The van der Waals surface area contributed by atoms with Crippen molar-refractivity contribution in [1.82, 2.24) is 4.98 Å². The highest BCUT2D eigenvalue weighted by Crippen LogP contribution is 2.25. The van der Waals surface area contributed by atoms with E-state index in [0.717, 1.165) is 5.56 Å². The molecule has 0 bridgehead atoms. The number of hydrogen-bond donors (Lipinski definition) is 1. The van der Waals surface area contributed by atoms with Gasteiger partial charge in [0.25, 0.3) is 11.7 Å². The van der Waals surface area contributed by atoms with E-state index in [1.807, 2.05) is 30.3 Å². The molecule has 1 amide bonds. The summed E-state index contributed by atoms with van der Waals surface area (Å²) in [5.41, 5.74) is 1.75. The Morgan fingerprint density at radius 3 is 2.32 bits per heavy atom. The zero-order chi connectivity index (χ0) is 17.5. The van der Waals surface area contributed by atoms with Gasteiger partial charge in [-0.2, -0.15) is 0 Å². The Morgan fingerprint density at radius 2 is 1.56 bits per heavy atom. The zero-order valence-corrected chi connectivity index (χ0v) is 13.4. The van der Waals surface area contributed by atoms with Crippen LogP contribution in [0.25, 0.3) is 0 Å². The summed E-state index contributed by atoms with van der Waals surface area (Å²) >= 11 is 0. The molecule has 2 aromatic carbocycles. The number of ketones is 1. The molecule has 0 aliphatic carbocycles. The second-order valence-corrected chi connectivity index (χ2v) is 5.29. The average molecular weight is 332 g/mol. The van der Waals surface area contributed by atoms with Gasteiger partial charge in [-0.1, -0.05) is 42.5 Å². The van der Waals surface area contributed by atoms with Gasteiger partial charge in [0.05, 0.1) is 5.69 Å². The maximum atomic E-state index is 12.2. The average Bonchev–Trinajstić information content (AvgIpc) is 2.68. The molecule has 5 heteroatoms. The van der Waals surface area contributed by atoms with E-state index in [2.05, 4.69) is 10.3 Å². The van der Waals surface area contributed by atoms with Crippen LogP contribution in [0.3, 0.4) is 0 Å². The highest BCUT2D eigenvalue weighted by atomic mass is 16.5. The smallest absolute Gasteiger partial charge is 0.296 e. The van der Waals surface area contributed by atoms with Crippen LogP contribution in [0.2, 0.25) is 0 Å². The number of pyridine rings is 1. The first kappa shape index (κ1) is 16.4. The summed E-state index contributed by atoms with van der Waals surface area (Å²) in [6.07, 6.45) is 2.94. The molecule has 0 saturated heterocycles. The van der Waals surface area contributed by atoms with Gasteiger partial charge >= 0.3 is 0 Å². The third-order valence-corrected chi connectivity index (χ3v) is 3.52. The fourth-order valence-electron chi connectivity index (χ4n) is 2.24. The largest absolute Gasteiger partial charge is 0.487 e. The van der Waals surface area contributed by atoms with E-state index < -0.39 is 11.7 Å². The van der Waals surface area contributed by atoms with Crippen molar-refractivity contribution in [3.05, 3.63) is 90.3 Å². The standard InChI is InChI=1S/C20H16N2O3/c23-19(16-10-12-21-13-11-16)20(24)22-17-8-4-5-9-18(17)25-14-15-6-2-1-3-7-15/h1-13H,14H2,(H,22,24). The quantitative estimate of drug-likeness (QED) is 0.554. The summed E-state index contributed by atoms with van der Waals surface area (Å²) < 4.78 is 5.77. The normalized spacial score (nSPS) is 10.1. The van der Waals surface area contributed by atoms with Crippen molar-refractivity contribution in [3.8, 4) is 5.75 Å². The van der Waals surface area contributed by atoms with Gasteiger partial charge in [0.1, 0.15) is 12.4 Å². The highest BCUT2D eigenvalue weighted by Gasteiger charge is 2.17. The molecule has 3 rings (SSSR count). The predicted molar refractivity (Wildman–Crippen MR) is 94.4 cm³/mol. The predicted octanol–water partition coefficient (Wildman–Crippen LogP) is 3.48. The SMILES string of the molecule is O=C(Nc1ccccc1OCc1ccccc1)C(=O)c1ccncc1. The van der Waals surface area contributed by atoms with E-state index in [1.54, 1.807) is 24.3 Å².